The zero-order chi connectivity index (χ0) is 32.9. The highest BCUT2D eigenvalue weighted by Crippen LogP contribution is 2.35. The van der Waals surface area contributed by atoms with Crippen LogP contribution < -0.4 is 21.7 Å². The van der Waals surface area contributed by atoms with Crippen molar-refractivity contribution in [2.75, 3.05) is 6.54 Å². The molecule has 3 fully saturated rings. The Morgan fingerprint density at radius 1 is 0.886 bits per heavy atom. The van der Waals surface area contributed by atoms with Gasteiger partial charge in [0.25, 0.3) is 5.91 Å². The smallest absolute Gasteiger partial charge is 0.329 e. The van der Waals surface area contributed by atoms with E-state index in [4.69, 9.17) is 10.5 Å². The fourth-order valence-electron chi connectivity index (χ4n) is 6.31. The number of carbonyl (C=O) groups is 6. The Labute approximate surface area is 261 Å². The molecule has 12 heteroatoms. The number of hydrogen-bond acceptors (Lipinski definition) is 7. The van der Waals surface area contributed by atoms with Gasteiger partial charge in [0.05, 0.1) is 6.04 Å². The Kier molecular flexibility index (Phi) is 11.8. The first-order valence-corrected chi connectivity index (χ1v) is 16.2. The average Bonchev–Trinajstić information content (AvgIpc) is 3.39. The summed E-state index contributed by atoms with van der Waals surface area (Å²) >= 11 is 0. The molecule has 0 bridgehead atoms. The lowest BCUT2D eigenvalue weighted by molar-refractivity contribution is -0.152. The van der Waals surface area contributed by atoms with Gasteiger partial charge in [-0.2, -0.15) is 0 Å². The van der Waals surface area contributed by atoms with Gasteiger partial charge in [0.1, 0.15) is 24.2 Å². The first-order valence-electron chi connectivity index (χ1n) is 16.2. The number of amides is 5. The van der Waals surface area contributed by atoms with Crippen molar-refractivity contribution in [3.63, 3.8) is 0 Å². The van der Waals surface area contributed by atoms with Crippen molar-refractivity contribution in [3.05, 3.63) is 0 Å². The molecule has 248 valence electrons. The first kappa shape index (κ1) is 35.3. The van der Waals surface area contributed by atoms with E-state index in [0.29, 0.717) is 12.8 Å². The van der Waals surface area contributed by atoms with Gasteiger partial charge in [-0.25, -0.2) is 9.59 Å². The van der Waals surface area contributed by atoms with Crippen molar-refractivity contribution in [1.29, 1.82) is 0 Å². The highest BCUT2D eigenvalue weighted by Gasteiger charge is 2.48. The molecule has 44 heavy (non-hydrogen) atoms. The minimum atomic E-state index is -1.11. The molecule has 1 heterocycles. The minimum Gasteiger partial charge on any atom is -0.461 e. The monoisotopic (exact) mass is 619 g/mol. The quantitative estimate of drug-likeness (QED) is 0.181. The number of primary amides is 1. The Bertz CT molecular complexity index is 1090. The van der Waals surface area contributed by atoms with Gasteiger partial charge in [-0.15, -0.1) is 0 Å². The number of esters is 1. The molecule has 1 aliphatic heterocycles. The molecule has 0 spiro atoms. The SMILES string of the molecule is CC(C)[C@H](NC(=O)N[C@H](C(=O)N1CC[C@H](C(C)C)[C@H]1C(=O)NC(CC1CC1)C(=O)C(N)=O)C(C)(C)C)C(=O)OC1CCCC1. The number of nitrogens with zero attached hydrogens (tertiary/aromatic N) is 1. The third-order valence-electron chi connectivity index (χ3n) is 9.18. The fourth-order valence-corrected chi connectivity index (χ4v) is 6.31. The molecule has 1 saturated heterocycles. The molecule has 0 aromatic rings. The molecule has 3 rings (SSSR count). The second kappa shape index (κ2) is 14.7. The Hall–Kier alpha value is -3.18. The first-order chi connectivity index (χ1) is 20.5. The predicted molar refractivity (Wildman–Crippen MR) is 164 cm³/mol. The van der Waals surface area contributed by atoms with Gasteiger partial charge in [-0.3, -0.25) is 19.2 Å². The molecule has 3 aliphatic rings. The summed E-state index contributed by atoms with van der Waals surface area (Å²) in [5.41, 5.74) is 4.53. The van der Waals surface area contributed by atoms with Gasteiger partial charge in [0.15, 0.2) is 0 Å². The molecule has 0 aromatic heterocycles. The lowest BCUT2D eigenvalue weighted by atomic mass is 9.84. The number of nitrogens with two attached hydrogens (primary N) is 1. The van der Waals surface area contributed by atoms with Crippen LogP contribution in [0.2, 0.25) is 0 Å². The molecule has 12 nitrogen and oxygen atoms in total. The van der Waals surface area contributed by atoms with Crippen molar-refractivity contribution in [2.45, 2.75) is 130 Å². The van der Waals surface area contributed by atoms with Crippen LogP contribution in [0.4, 0.5) is 4.79 Å². The zero-order valence-corrected chi connectivity index (χ0v) is 27.4. The number of nitrogens with one attached hydrogen (secondary N) is 3. The number of likely N-dealkylation sites (tertiary alicyclic amines) is 1. The van der Waals surface area contributed by atoms with E-state index in [2.05, 4.69) is 16.0 Å². The maximum atomic E-state index is 14.2. The van der Waals surface area contributed by atoms with E-state index in [1.807, 2.05) is 48.5 Å². The molecule has 5 atom stereocenters. The van der Waals surface area contributed by atoms with Gasteiger partial charge >= 0.3 is 12.0 Å². The maximum Gasteiger partial charge on any atom is 0.329 e. The fraction of sp³-hybridized carbons (Fsp3) is 0.812. The summed E-state index contributed by atoms with van der Waals surface area (Å²) in [6.45, 7) is 13.3. The van der Waals surface area contributed by atoms with Crippen molar-refractivity contribution in [3.8, 4) is 0 Å². The third-order valence-corrected chi connectivity index (χ3v) is 9.18. The van der Waals surface area contributed by atoms with E-state index in [9.17, 15) is 28.8 Å². The summed E-state index contributed by atoms with van der Waals surface area (Å²) in [7, 11) is 0. The lowest BCUT2D eigenvalue weighted by Crippen LogP contribution is -2.62. The summed E-state index contributed by atoms with van der Waals surface area (Å²) < 4.78 is 5.65. The van der Waals surface area contributed by atoms with Gasteiger partial charge < -0.3 is 31.3 Å². The van der Waals surface area contributed by atoms with E-state index >= 15 is 0 Å². The van der Waals surface area contributed by atoms with Crippen LogP contribution in [-0.2, 0) is 28.7 Å². The topological polar surface area (TPSA) is 177 Å². The van der Waals surface area contributed by atoms with Gasteiger partial charge in [-0.05, 0) is 67.6 Å². The average molecular weight is 620 g/mol. The van der Waals surface area contributed by atoms with Crippen LogP contribution in [0.3, 0.4) is 0 Å². The Morgan fingerprint density at radius 3 is 2.00 bits per heavy atom. The Balaban J connectivity index is 1.78. The van der Waals surface area contributed by atoms with Crippen LogP contribution in [0.25, 0.3) is 0 Å². The highest BCUT2D eigenvalue weighted by molar-refractivity contribution is 6.37. The van der Waals surface area contributed by atoms with E-state index < -0.39 is 65.1 Å². The number of ketones is 1. The van der Waals surface area contributed by atoms with E-state index in [1.165, 1.54) is 4.90 Å². The third kappa shape index (κ3) is 9.17. The van der Waals surface area contributed by atoms with E-state index in [0.717, 1.165) is 38.5 Å². The van der Waals surface area contributed by atoms with Crippen molar-refractivity contribution >= 4 is 35.5 Å². The number of ether oxygens (including phenoxy) is 1. The van der Waals surface area contributed by atoms with Gasteiger partial charge in [-0.1, -0.05) is 61.3 Å². The summed E-state index contributed by atoms with van der Waals surface area (Å²) in [5.74, 6) is -3.57. The predicted octanol–water partition coefficient (Wildman–Crippen LogP) is 2.42. The number of urea groups is 1. The molecule has 2 saturated carbocycles. The van der Waals surface area contributed by atoms with E-state index in [-0.39, 0.29) is 36.3 Å². The summed E-state index contributed by atoms with van der Waals surface area (Å²) in [4.78, 5) is 80.0. The normalized spacial score (nSPS) is 22.8. The molecule has 5 N–H and O–H groups in total. The van der Waals surface area contributed by atoms with Crippen molar-refractivity contribution < 1.29 is 33.5 Å². The number of carbonyl (C=O) groups excluding carboxylic acids is 6. The molecule has 2 aliphatic carbocycles. The zero-order valence-electron chi connectivity index (χ0n) is 27.4. The molecular weight excluding hydrogens is 566 g/mol. The van der Waals surface area contributed by atoms with Crippen molar-refractivity contribution in [2.24, 2.45) is 34.8 Å². The van der Waals surface area contributed by atoms with Crippen LogP contribution in [-0.4, -0.2) is 77.2 Å². The summed E-state index contributed by atoms with van der Waals surface area (Å²) in [6, 6.07) is -4.55. The van der Waals surface area contributed by atoms with Crippen LogP contribution in [0.15, 0.2) is 0 Å². The largest absolute Gasteiger partial charge is 0.461 e. The van der Waals surface area contributed by atoms with Crippen LogP contribution in [0, 0.1) is 29.1 Å². The molecule has 0 radical (unpaired) electrons. The van der Waals surface area contributed by atoms with Gasteiger partial charge in [0, 0.05) is 6.54 Å². The summed E-state index contributed by atoms with van der Waals surface area (Å²) in [5, 5.41) is 8.25. The van der Waals surface area contributed by atoms with Crippen LogP contribution in [0.5, 0.6) is 0 Å². The molecule has 5 amide bonds. The van der Waals surface area contributed by atoms with Crippen LogP contribution in [0.1, 0.15) is 99.8 Å². The molecule has 0 aromatic carbocycles. The number of Topliss-reactive ketones (excluding diaryl/α,β-unsaturated/α-hetero) is 1. The van der Waals surface area contributed by atoms with Crippen LogP contribution >= 0.6 is 0 Å². The Morgan fingerprint density at radius 2 is 1.50 bits per heavy atom. The molecular formula is C32H53N5O7. The second-order valence-corrected chi connectivity index (χ2v) is 14.6. The standard InChI is InChI=1S/C32H53N5O7/c1-17(2)21-14-15-37(24(21)28(40)34-22(16-19-12-13-19)25(38)27(33)39)29(41)26(32(5,6)7)36-31(43)35-23(18(3)4)30(42)44-20-10-8-9-11-20/h17-24,26H,8-16H2,1-7H3,(H2,33,39)(H,34,40)(H2,35,36,43)/t21-,22?,23+,24+,26-/m1/s1. The minimum absolute atomic E-state index is 0.0410. The lowest BCUT2D eigenvalue weighted by Gasteiger charge is -2.37. The summed E-state index contributed by atoms with van der Waals surface area (Å²) in [6.07, 6.45) is 6.19. The van der Waals surface area contributed by atoms with E-state index in [1.54, 1.807) is 0 Å². The molecule has 1 unspecified atom stereocenters. The van der Waals surface area contributed by atoms with Gasteiger partial charge in [0.2, 0.25) is 17.6 Å². The van der Waals surface area contributed by atoms with Crippen molar-refractivity contribution in [1.82, 2.24) is 20.9 Å². The highest BCUT2D eigenvalue weighted by atomic mass is 16.5. The number of hydrogen-bond donors (Lipinski definition) is 4. The maximum absolute atomic E-state index is 14.2. The number of rotatable bonds is 13. The second-order valence-electron chi connectivity index (χ2n) is 14.6.